The molecule has 0 saturated heterocycles. The number of halogens is 2. The first-order valence-corrected chi connectivity index (χ1v) is 17.4. The number of carbonyl (C=O) groups excluding carboxylic acids is 1. The first-order chi connectivity index (χ1) is 24.2. The smallest absolute Gasteiger partial charge is 0.271 e. The number of thiazole rings is 1. The van der Waals surface area contributed by atoms with Crippen molar-refractivity contribution in [2.75, 3.05) is 19.5 Å². The van der Waals surface area contributed by atoms with E-state index in [9.17, 15) is 9.59 Å². The van der Waals surface area contributed by atoms with E-state index in [1.165, 1.54) is 11.3 Å². The van der Waals surface area contributed by atoms with Gasteiger partial charge in [-0.3, -0.25) is 14.2 Å². The lowest BCUT2D eigenvalue weighted by atomic mass is 9.94. The maximum atomic E-state index is 14.5. The van der Waals surface area contributed by atoms with Crippen molar-refractivity contribution in [3.63, 3.8) is 0 Å². The zero-order chi connectivity index (χ0) is 35.1. The average Bonchev–Trinajstić information content (AvgIpc) is 3.61. The highest BCUT2D eigenvalue weighted by Gasteiger charge is 2.33. The molecule has 0 radical (unpaired) electrons. The molecule has 11 heteroatoms. The van der Waals surface area contributed by atoms with Crippen LogP contribution in [-0.2, 0) is 11.3 Å². The number of rotatable bonds is 8. The quantitative estimate of drug-likeness (QED) is 0.176. The number of hydrogen-bond acceptors (Lipinski definition) is 6. The third kappa shape index (κ3) is 6.13. The number of methoxy groups -OCH3 is 2. The van der Waals surface area contributed by atoms with Crippen molar-refractivity contribution in [3.05, 3.63) is 154 Å². The Kier molecular flexibility index (Phi) is 9.13. The number of para-hydroxylation sites is 2. The minimum atomic E-state index is -0.784. The van der Waals surface area contributed by atoms with Crippen molar-refractivity contribution in [2.45, 2.75) is 26.4 Å². The molecule has 0 aliphatic carbocycles. The molecule has 1 N–H and O–H groups in total. The molecule has 1 amide bonds. The summed E-state index contributed by atoms with van der Waals surface area (Å²) in [4.78, 5) is 33.9. The van der Waals surface area contributed by atoms with Crippen molar-refractivity contribution in [3.8, 4) is 11.5 Å². The van der Waals surface area contributed by atoms with E-state index in [1.54, 1.807) is 43.9 Å². The number of nitrogens with zero attached hydrogens (tertiary/aromatic N) is 3. The van der Waals surface area contributed by atoms with Crippen LogP contribution in [-0.4, -0.2) is 29.3 Å². The Morgan fingerprint density at radius 1 is 0.940 bits per heavy atom. The predicted octanol–water partition coefficient (Wildman–Crippen LogP) is 7.51. The number of nitrogens with one attached hydrogen (secondary N) is 1. The predicted molar refractivity (Wildman–Crippen MR) is 201 cm³/mol. The van der Waals surface area contributed by atoms with Crippen LogP contribution in [0.3, 0.4) is 0 Å². The van der Waals surface area contributed by atoms with Gasteiger partial charge in [0, 0.05) is 34.9 Å². The summed E-state index contributed by atoms with van der Waals surface area (Å²) >= 11 is 13.8. The third-order valence-electron chi connectivity index (χ3n) is 8.83. The molecule has 1 aliphatic rings. The van der Waals surface area contributed by atoms with E-state index in [4.69, 9.17) is 37.7 Å². The highest BCUT2D eigenvalue weighted by molar-refractivity contribution is 7.07. The second kappa shape index (κ2) is 13.7. The average molecular weight is 724 g/mol. The normalized spacial score (nSPS) is 14.4. The number of anilines is 1. The number of carbonyl (C=O) groups is 1. The number of fused-ring (bicyclic) bond motifs is 2. The summed E-state index contributed by atoms with van der Waals surface area (Å²) in [7, 11) is 3.12. The van der Waals surface area contributed by atoms with Crippen LogP contribution in [0.25, 0.3) is 17.0 Å². The third-order valence-corrected chi connectivity index (χ3v) is 10.5. The van der Waals surface area contributed by atoms with Gasteiger partial charge in [-0.05, 0) is 73.0 Å². The van der Waals surface area contributed by atoms with E-state index in [0.717, 1.165) is 27.6 Å². The minimum Gasteiger partial charge on any atom is -0.493 e. The number of allylic oxidation sites excluding steroid dienone is 1. The number of amides is 1. The van der Waals surface area contributed by atoms with E-state index < -0.39 is 6.04 Å². The molecule has 0 spiro atoms. The molecule has 50 heavy (non-hydrogen) atoms. The van der Waals surface area contributed by atoms with Crippen LogP contribution < -0.4 is 29.7 Å². The summed E-state index contributed by atoms with van der Waals surface area (Å²) in [6, 6.07) is 25.8. The van der Waals surface area contributed by atoms with Gasteiger partial charge in [0.1, 0.15) is 0 Å². The molecule has 0 unspecified atom stereocenters. The van der Waals surface area contributed by atoms with Gasteiger partial charge in [-0.2, -0.15) is 0 Å². The van der Waals surface area contributed by atoms with Gasteiger partial charge in [-0.15, -0.1) is 0 Å². The maximum Gasteiger partial charge on any atom is 0.271 e. The molecule has 1 atom stereocenters. The Morgan fingerprint density at radius 2 is 1.70 bits per heavy atom. The maximum absolute atomic E-state index is 14.5. The van der Waals surface area contributed by atoms with Gasteiger partial charge in [0.25, 0.3) is 11.5 Å². The van der Waals surface area contributed by atoms with Crippen LogP contribution in [0.4, 0.5) is 5.69 Å². The molecule has 7 rings (SSSR count). The van der Waals surface area contributed by atoms with E-state index in [1.807, 2.05) is 85.9 Å². The van der Waals surface area contributed by atoms with Gasteiger partial charge in [-0.25, -0.2) is 4.99 Å². The molecule has 0 saturated carbocycles. The summed E-state index contributed by atoms with van der Waals surface area (Å²) in [5.41, 5.74) is 5.76. The largest absolute Gasteiger partial charge is 0.493 e. The van der Waals surface area contributed by atoms with E-state index >= 15 is 0 Å². The van der Waals surface area contributed by atoms with Crippen LogP contribution in [0.15, 0.2) is 112 Å². The van der Waals surface area contributed by atoms with Gasteiger partial charge in [-0.1, -0.05) is 83.1 Å². The number of benzene rings is 4. The number of aryl methyl sites for hydroxylation is 1. The molecule has 8 nitrogen and oxygen atoms in total. The number of aromatic nitrogens is 2. The molecule has 252 valence electrons. The monoisotopic (exact) mass is 722 g/mol. The van der Waals surface area contributed by atoms with Crippen LogP contribution >= 0.6 is 34.5 Å². The van der Waals surface area contributed by atoms with Gasteiger partial charge >= 0.3 is 0 Å². The molecule has 2 aromatic heterocycles. The second-order valence-corrected chi connectivity index (χ2v) is 13.8. The lowest BCUT2D eigenvalue weighted by Gasteiger charge is -2.26. The van der Waals surface area contributed by atoms with Crippen molar-refractivity contribution in [1.29, 1.82) is 0 Å². The summed E-state index contributed by atoms with van der Waals surface area (Å²) < 4.78 is 15.3. The van der Waals surface area contributed by atoms with Gasteiger partial charge in [0.15, 0.2) is 16.3 Å². The summed E-state index contributed by atoms with van der Waals surface area (Å²) in [6.45, 7) is 4.29. The van der Waals surface area contributed by atoms with Gasteiger partial charge in [0.05, 0.1) is 46.1 Å². The highest BCUT2D eigenvalue weighted by atomic mass is 35.5. The molecule has 1 aliphatic heterocycles. The number of ether oxygens (including phenoxy) is 2. The highest BCUT2D eigenvalue weighted by Crippen LogP contribution is 2.36. The van der Waals surface area contributed by atoms with Crippen molar-refractivity contribution >= 4 is 63.1 Å². The van der Waals surface area contributed by atoms with Crippen molar-refractivity contribution < 1.29 is 14.3 Å². The molecule has 4 aromatic carbocycles. The zero-order valence-corrected chi connectivity index (χ0v) is 30.0. The van der Waals surface area contributed by atoms with Crippen LogP contribution in [0.2, 0.25) is 10.0 Å². The Hall–Kier alpha value is -5.09. The lowest BCUT2D eigenvalue weighted by molar-refractivity contribution is -0.113. The van der Waals surface area contributed by atoms with Crippen LogP contribution in [0.1, 0.15) is 35.2 Å². The Balaban J connectivity index is 1.37. The van der Waals surface area contributed by atoms with E-state index in [-0.39, 0.29) is 11.5 Å². The van der Waals surface area contributed by atoms with Crippen LogP contribution in [0, 0.1) is 6.92 Å². The SMILES string of the molecule is COc1ccc([C@H]2C(C(=O)Nc3ccccc3C)=C(C)N=c3s/c(=C\c4cn(Cc5ccc(Cl)c(Cl)c5)c5ccccc45)c(=O)n32)cc1OC. The second-order valence-electron chi connectivity index (χ2n) is 11.9. The number of hydrogen-bond donors (Lipinski definition) is 1. The fraction of sp³-hybridized carbons (Fsp3) is 0.154. The molecular weight excluding hydrogens is 691 g/mol. The Morgan fingerprint density at radius 3 is 2.46 bits per heavy atom. The molecule has 3 heterocycles. The fourth-order valence-corrected chi connectivity index (χ4v) is 7.71. The first kappa shape index (κ1) is 33.4. The van der Waals surface area contributed by atoms with E-state index in [2.05, 4.69) is 9.88 Å². The Bertz CT molecular complexity index is 2530. The summed E-state index contributed by atoms with van der Waals surface area (Å²) in [5.74, 6) is 0.669. The van der Waals surface area contributed by atoms with Gasteiger partial charge in [0.2, 0.25) is 0 Å². The molecule has 0 fully saturated rings. The lowest BCUT2D eigenvalue weighted by Crippen LogP contribution is -2.40. The van der Waals surface area contributed by atoms with Crippen molar-refractivity contribution in [2.24, 2.45) is 4.99 Å². The molecule has 0 bridgehead atoms. The summed E-state index contributed by atoms with van der Waals surface area (Å²) in [5, 5.41) is 5.04. The standard InChI is InChI=1S/C39H32Cl2N4O4S/c1-22-9-5-7-11-30(22)43-37(46)35-23(2)42-39-45(36(35)25-14-16-32(48-3)33(18-25)49-4)38(47)34(50-39)19-26-21-44(31-12-8-6-10-27(26)31)20-24-13-15-28(40)29(41)17-24/h5-19,21,36H,20H2,1-4H3,(H,43,46)/b34-19-/t36-/m0/s1. The summed E-state index contributed by atoms with van der Waals surface area (Å²) in [6.07, 6.45) is 3.93. The molecular formula is C39H32Cl2N4O4S. The zero-order valence-electron chi connectivity index (χ0n) is 27.7. The van der Waals surface area contributed by atoms with Crippen LogP contribution in [0.5, 0.6) is 11.5 Å². The van der Waals surface area contributed by atoms with E-state index in [0.29, 0.717) is 59.9 Å². The first-order valence-electron chi connectivity index (χ1n) is 15.8. The Labute approximate surface area is 302 Å². The van der Waals surface area contributed by atoms with Crippen molar-refractivity contribution in [1.82, 2.24) is 9.13 Å². The van der Waals surface area contributed by atoms with Gasteiger partial charge < -0.3 is 19.4 Å². The molecule has 6 aromatic rings. The fourth-order valence-electron chi connectivity index (χ4n) is 6.35. The topological polar surface area (TPSA) is 86.9 Å². The minimum absolute atomic E-state index is 0.261.